The van der Waals surface area contributed by atoms with Crippen LogP contribution in [0.5, 0.6) is 6.01 Å². The van der Waals surface area contributed by atoms with E-state index >= 15 is 0 Å². The van der Waals surface area contributed by atoms with Crippen molar-refractivity contribution in [1.29, 1.82) is 0 Å². The second-order valence-electron chi connectivity index (χ2n) is 8.67. The Kier molecular flexibility index (Phi) is 6.54. The number of halogens is 1. The van der Waals surface area contributed by atoms with E-state index in [9.17, 15) is 5.11 Å². The van der Waals surface area contributed by atoms with E-state index in [0.29, 0.717) is 27.9 Å². The first-order valence-electron chi connectivity index (χ1n) is 11.8. The second-order valence-corrected chi connectivity index (χ2v) is 9.08. The Hall–Kier alpha value is -3.83. The average Bonchev–Trinajstić information content (AvgIpc) is 3.57. The largest absolute Gasteiger partial charge is 0.457 e. The SMILES string of the molecule is OC1COCC(Oc2nc3nc(-c4ccc(-c5ccc(-n6ccnn6)cc5)cc4)c(Cl)cc3[nH]2)COC1. The molecule has 0 unspecified atom stereocenters. The van der Waals surface area contributed by atoms with Crippen LogP contribution in [-0.2, 0) is 9.47 Å². The van der Waals surface area contributed by atoms with Crippen LogP contribution in [0, 0.1) is 0 Å². The number of aromatic amines is 1. The fraction of sp³-hybridized carbons (Fsp3) is 0.231. The molecule has 0 radical (unpaired) electrons. The molecule has 37 heavy (non-hydrogen) atoms. The molecular weight excluding hydrogens is 496 g/mol. The van der Waals surface area contributed by atoms with Gasteiger partial charge in [-0.15, -0.1) is 5.10 Å². The molecule has 3 aromatic heterocycles. The fourth-order valence-corrected chi connectivity index (χ4v) is 4.38. The van der Waals surface area contributed by atoms with Crippen molar-refractivity contribution in [1.82, 2.24) is 29.9 Å². The molecule has 2 aromatic carbocycles. The van der Waals surface area contributed by atoms with Crippen LogP contribution in [0.15, 0.2) is 67.0 Å². The Bertz CT molecular complexity index is 1480. The van der Waals surface area contributed by atoms with E-state index < -0.39 is 6.10 Å². The highest BCUT2D eigenvalue weighted by Crippen LogP contribution is 2.31. The van der Waals surface area contributed by atoms with Gasteiger partial charge in [-0.05, 0) is 29.3 Å². The molecule has 5 aromatic rings. The van der Waals surface area contributed by atoms with Crippen LogP contribution in [-0.4, -0.2) is 73.7 Å². The minimum Gasteiger partial charge on any atom is -0.457 e. The highest BCUT2D eigenvalue weighted by Gasteiger charge is 2.20. The number of rotatable bonds is 5. The van der Waals surface area contributed by atoms with Crippen molar-refractivity contribution in [3.8, 4) is 34.1 Å². The number of nitrogens with one attached hydrogen (secondary N) is 1. The van der Waals surface area contributed by atoms with Crippen molar-refractivity contribution >= 4 is 22.8 Å². The molecule has 0 aliphatic carbocycles. The molecule has 2 N–H and O–H groups in total. The first kappa shape index (κ1) is 23.6. The van der Waals surface area contributed by atoms with E-state index in [-0.39, 0.29) is 32.5 Å². The maximum Gasteiger partial charge on any atom is 0.296 e. The third-order valence-corrected chi connectivity index (χ3v) is 6.25. The molecule has 6 rings (SSSR count). The lowest BCUT2D eigenvalue weighted by molar-refractivity contribution is -0.0882. The number of aromatic nitrogens is 6. The number of hydrogen-bond acceptors (Lipinski definition) is 8. The zero-order chi connectivity index (χ0) is 25.2. The number of ether oxygens (including phenoxy) is 3. The van der Waals surface area contributed by atoms with E-state index in [4.69, 9.17) is 25.8 Å². The smallest absolute Gasteiger partial charge is 0.296 e. The lowest BCUT2D eigenvalue weighted by Crippen LogP contribution is -2.36. The highest BCUT2D eigenvalue weighted by atomic mass is 35.5. The highest BCUT2D eigenvalue weighted by molar-refractivity contribution is 6.33. The average molecular weight is 519 g/mol. The van der Waals surface area contributed by atoms with Crippen LogP contribution in [0.2, 0.25) is 5.02 Å². The van der Waals surface area contributed by atoms with Crippen molar-refractivity contribution < 1.29 is 19.3 Å². The molecule has 188 valence electrons. The minimum absolute atomic E-state index is 0.202. The molecule has 0 bridgehead atoms. The molecule has 0 amide bonds. The quantitative estimate of drug-likeness (QED) is 0.361. The van der Waals surface area contributed by atoms with E-state index in [0.717, 1.165) is 22.4 Å². The lowest BCUT2D eigenvalue weighted by atomic mass is 10.0. The monoisotopic (exact) mass is 518 g/mol. The number of aliphatic hydroxyl groups excluding tert-OH is 1. The third kappa shape index (κ3) is 5.18. The van der Waals surface area contributed by atoms with Crippen LogP contribution in [0.1, 0.15) is 0 Å². The van der Waals surface area contributed by atoms with Gasteiger partial charge in [-0.1, -0.05) is 53.2 Å². The van der Waals surface area contributed by atoms with Gasteiger partial charge in [-0.2, -0.15) is 4.98 Å². The van der Waals surface area contributed by atoms with Crippen LogP contribution in [0.4, 0.5) is 0 Å². The number of nitrogens with zero attached hydrogens (tertiary/aromatic N) is 5. The number of H-pyrrole nitrogens is 1. The van der Waals surface area contributed by atoms with Gasteiger partial charge in [-0.25, -0.2) is 9.67 Å². The van der Waals surface area contributed by atoms with E-state index in [1.165, 1.54) is 0 Å². The normalized spacial score (nSPS) is 18.4. The fourth-order valence-electron chi connectivity index (χ4n) is 4.12. The van der Waals surface area contributed by atoms with E-state index in [2.05, 4.69) is 25.3 Å². The van der Waals surface area contributed by atoms with Crippen molar-refractivity contribution in [2.24, 2.45) is 0 Å². The van der Waals surface area contributed by atoms with Gasteiger partial charge in [0.1, 0.15) is 12.2 Å². The summed E-state index contributed by atoms with van der Waals surface area (Å²) in [6.07, 6.45) is 2.46. The Balaban J connectivity index is 1.19. The van der Waals surface area contributed by atoms with E-state index in [1.807, 2.05) is 48.5 Å². The molecule has 1 saturated heterocycles. The summed E-state index contributed by atoms with van der Waals surface area (Å²) in [6.45, 7) is 0.966. The van der Waals surface area contributed by atoms with Gasteiger partial charge in [0, 0.05) is 5.56 Å². The van der Waals surface area contributed by atoms with Crippen molar-refractivity contribution in [3.05, 3.63) is 72.0 Å². The van der Waals surface area contributed by atoms with E-state index in [1.54, 1.807) is 23.1 Å². The molecule has 1 aliphatic rings. The van der Waals surface area contributed by atoms with Crippen molar-refractivity contribution in [2.45, 2.75) is 12.2 Å². The van der Waals surface area contributed by atoms with Gasteiger partial charge >= 0.3 is 0 Å². The standard InChI is InChI=1S/C26H23ClN6O4/c27-22-11-23-25(31-26(29-23)37-21-14-35-12-20(34)13-36-15-21)30-24(22)18-3-1-16(2-4-18)17-5-7-19(8-6-17)33-10-9-28-32-33/h1-11,20-21,34H,12-15H2,(H,29,30,31). The summed E-state index contributed by atoms with van der Waals surface area (Å²) in [7, 11) is 0. The number of fused-ring (bicyclic) bond motifs is 1. The molecule has 0 saturated carbocycles. The predicted molar refractivity (Wildman–Crippen MR) is 137 cm³/mol. The van der Waals surface area contributed by atoms with Crippen LogP contribution < -0.4 is 4.74 Å². The number of benzene rings is 2. The number of aliphatic hydroxyl groups is 1. The van der Waals surface area contributed by atoms with Gasteiger partial charge in [0.05, 0.1) is 60.7 Å². The topological polar surface area (TPSA) is 120 Å². The van der Waals surface area contributed by atoms with Crippen molar-refractivity contribution in [3.63, 3.8) is 0 Å². The minimum atomic E-state index is -0.628. The Morgan fingerprint density at radius 1 is 0.919 bits per heavy atom. The van der Waals surface area contributed by atoms with Gasteiger partial charge in [0.2, 0.25) is 0 Å². The first-order chi connectivity index (χ1) is 18.1. The summed E-state index contributed by atoms with van der Waals surface area (Å²) in [6, 6.07) is 18.2. The van der Waals surface area contributed by atoms with Crippen LogP contribution in [0.3, 0.4) is 0 Å². The van der Waals surface area contributed by atoms with Gasteiger partial charge < -0.3 is 24.3 Å². The summed E-state index contributed by atoms with van der Waals surface area (Å²) in [5.41, 5.74) is 5.75. The van der Waals surface area contributed by atoms with Crippen molar-refractivity contribution in [2.75, 3.05) is 26.4 Å². The maximum atomic E-state index is 9.61. The summed E-state index contributed by atoms with van der Waals surface area (Å²) >= 11 is 6.59. The summed E-state index contributed by atoms with van der Waals surface area (Å²) in [5.74, 6) is 0. The molecule has 4 heterocycles. The Morgan fingerprint density at radius 2 is 1.59 bits per heavy atom. The number of imidazole rings is 1. The molecule has 1 aliphatic heterocycles. The number of pyridine rings is 1. The summed E-state index contributed by atoms with van der Waals surface area (Å²) in [4.78, 5) is 12.3. The summed E-state index contributed by atoms with van der Waals surface area (Å²) in [5, 5.41) is 18.0. The Labute approximate surface area is 216 Å². The Morgan fingerprint density at radius 3 is 2.27 bits per heavy atom. The van der Waals surface area contributed by atoms with Crippen LogP contribution >= 0.6 is 11.6 Å². The van der Waals surface area contributed by atoms with Gasteiger partial charge in [0.25, 0.3) is 6.01 Å². The lowest BCUT2D eigenvalue weighted by Gasteiger charge is -2.22. The first-order valence-corrected chi connectivity index (χ1v) is 12.1. The molecule has 1 fully saturated rings. The third-order valence-electron chi connectivity index (χ3n) is 5.96. The molecule has 0 atom stereocenters. The molecule has 0 spiro atoms. The second kappa shape index (κ2) is 10.3. The molecule has 10 nitrogen and oxygen atoms in total. The maximum absolute atomic E-state index is 9.61. The number of hydrogen-bond donors (Lipinski definition) is 2. The van der Waals surface area contributed by atoms with Gasteiger partial charge in [0.15, 0.2) is 5.65 Å². The molecule has 11 heteroatoms. The predicted octanol–water partition coefficient (Wildman–Crippen LogP) is 3.68. The zero-order valence-corrected chi connectivity index (χ0v) is 20.4. The summed E-state index contributed by atoms with van der Waals surface area (Å²) < 4.78 is 18.6. The van der Waals surface area contributed by atoms with Gasteiger partial charge in [-0.3, -0.25) is 0 Å². The van der Waals surface area contributed by atoms with Crippen LogP contribution in [0.25, 0.3) is 39.2 Å². The zero-order valence-electron chi connectivity index (χ0n) is 19.6. The molecular formula is C26H23ClN6O4.